The van der Waals surface area contributed by atoms with Crippen LogP contribution in [0, 0.1) is 0 Å². The molecule has 0 aliphatic rings. The molecule has 4 nitrogen and oxygen atoms in total. The predicted molar refractivity (Wildman–Crippen MR) is 85.1 cm³/mol. The number of hydrogen-bond acceptors (Lipinski definition) is 3. The molecule has 2 aromatic rings. The lowest BCUT2D eigenvalue weighted by molar-refractivity contribution is -0.122. The first-order valence-electron chi connectivity index (χ1n) is 6.15. The summed E-state index contributed by atoms with van der Waals surface area (Å²) in [4.78, 5) is 21.8. The van der Waals surface area contributed by atoms with Crippen molar-refractivity contribution in [3.8, 4) is 0 Å². The molecule has 6 heteroatoms. The molecule has 0 unspecified atom stereocenters. The van der Waals surface area contributed by atoms with E-state index in [4.69, 9.17) is 23.2 Å². The molecular formula is C15H13Cl2N3O. The van der Waals surface area contributed by atoms with Crippen molar-refractivity contribution < 1.29 is 4.79 Å². The zero-order valence-electron chi connectivity index (χ0n) is 11.5. The molecule has 0 radical (unpaired) electrons. The van der Waals surface area contributed by atoms with E-state index in [2.05, 4.69) is 9.97 Å². The first-order chi connectivity index (χ1) is 9.97. The molecule has 1 heterocycles. The molecule has 0 spiro atoms. The highest BCUT2D eigenvalue weighted by Crippen LogP contribution is 2.20. The van der Waals surface area contributed by atoms with Crippen LogP contribution in [-0.4, -0.2) is 34.9 Å². The van der Waals surface area contributed by atoms with Gasteiger partial charge in [-0.15, -0.1) is 0 Å². The van der Waals surface area contributed by atoms with Crippen molar-refractivity contribution in [1.29, 1.82) is 0 Å². The summed E-state index contributed by atoms with van der Waals surface area (Å²) >= 11 is 11.7. The second kappa shape index (κ2) is 6.70. The lowest BCUT2D eigenvalue weighted by Gasteiger charge is -2.13. The van der Waals surface area contributed by atoms with Crippen molar-refractivity contribution in [2.24, 2.45) is 0 Å². The fourth-order valence-electron chi connectivity index (χ4n) is 1.70. The van der Waals surface area contributed by atoms with Gasteiger partial charge in [0.05, 0.1) is 11.3 Å². The third-order valence-corrected chi connectivity index (χ3v) is 3.15. The number of benzene rings is 1. The summed E-state index contributed by atoms with van der Waals surface area (Å²) in [5, 5.41) is 0.735. The molecule has 0 atom stereocenters. The molecule has 0 bridgehead atoms. The first kappa shape index (κ1) is 15.5. The lowest BCUT2D eigenvalue weighted by atomic mass is 10.1. The van der Waals surface area contributed by atoms with E-state index in [0.29, 0.717) is 16.3 Å². The first-order valence-corrected chi connectivity index (χ1v) is 6.91. The second-order valence-corrected chi connectivity index (χ2v) is 5.29. The van der Waals surface area contributed by atoms with Gasteiger partial charge in [-0.05, 0) is 41.4 Å². The van der Waals surface area contributed by atoms with Crippen molar-refractivity contribution in [2.45, 2.75) is 0 Å². The van der Waals surface area contributed by atoms with Crippen molar-refractivity contribution in [3.05, 3.63) is 58.1 Å². The van der Waals surface area contributed by atoms with Gasteiger partial charge in [0.2, 0.25) is 5.28 Å². The lowest BCUT2D eigenvalue weighted by Crippen LogP contribution is -2.23. The van der Waals surface area contributed by atoms with E-state index in [0.717, 1.165) is 5.56 Å². The van der Waals surface area contributed by atoms with E-state index in [-0.39, 0.29) is 11.2 Å². The van der Waals surface area contributed by atoms with Gasteiger partial charge in [0, 0.05) is 25.3 Å². The topological polar surface area (TPSA) is 46.1 Å². The van der Waals surface area contributed by atoms with Gasteiger partial charge in [0.15, 0.2) is 0 Å². The minimum Gasteiger partial charge on any atom is -0.345 e. The molecular weight excluding hydrogens is 309 g/mol. The van der Waals surface area contributed by atoms with Crippen LogP contribution >= 0.6 is 23.2 Å². The highest BCUT2D eigenvalue weighted by atomic mass is 35.5. The maximum atomic E-state index is 12.4. The number of nitrogens with zero attached hydrogens (tertiary/aromatic N) is 3. The molecule has 2 rings (SSSR count). The van der Waals surface area contributed by atoms with Crippen molar-refractivity contribution in [1.82, 2.24) is 14.9 Å². The van der Waals surface area contributed by atoms with Crippen LogP contribution < -0.4 is 0 Å². The minimum absolute atomic E-state index is 0.0982. The summed E-state index contributed by atoms with van der Waals surface area (Å²) in [6, 6.07) is 8.83. The molecule has 0 aliphatic heterocycles. The van der Waals surface area contributed by atoms with E-state index >= 15 is 0 Å². The van der Waals surface area contributed by atoms with Gasteiger partial charge in [-0.3, -0.25) is 4.79 Å². The Labute approximate surface area is 133 Å². The Hall–Kier alpha value is -1.91. The van der Waals surface area contributed by atoms with Gasteiger partial charge < -0.3 is 4.90 Å². The van der Waals surface area contributed by atoms with E-state index in [1.165, 1.54) is 11.1 Å². The molecule has 1 aromatic carbocycles. The molecule has 0 saturated carbocycles. The normalized spacial score (nSPS) is 11.3. The average Bonchev–Trinajstić information content (AvgIpc) is 2.46. The summed E-state index contributed by atoms with van der Waals surface area (Å²) in [5.74, 6) is -0.167. The van der Waals surface area contributed by atoms with Gasteiger partial charge in [0.25, 0.3) is 5.91 Å². The molecule has 108 valence electrons. The van der Waals surface area contributed by atoms with Crippen LogP contribution in [0.2, 0.25) is 10.3 Å². The van der Waals surface area contributed by atoms with Crippen LogP contribution in [0.15, 0.2) is 36.5 Å². The Morgan fingerprint density at radius 3 is 2.38 bits per heavy atom. The Morgan fingerprint density at radius 1 is 1.14 bits per heavy atom. The Morgan fingerprint density at radius 2 is 1.81 bits per heavy atom. The summed E-state index contributed by atoms with van der Waals surface area (Å²) in [5.41, 5.74) is 1.76. The number of carbonyl (C=O) groups excluding carboxylic acids is 1. The molecule has 0 fully saturated rings. The summed E-state index contributed by atoms with van der Waals surface area (Å²) in [6.45, 7) is 0. The molecule has 0 aliphatic carbocycles. The van der Waals surface area contributed by atoms with Gasteiger partial charge in [0.1, 0.15) is 0 Å². The minimum atomic E-state index is -0.167. The smallest absolute Gasteiger partial charge is 0.255 e. The number of aromatic nitrogens is 2. The largest absolute Gasteiger partial charge is 0.345 e. The second-order valence-electron chi connectivity index (χ2n) is 4.52. The van der Waals surface area contributed by atoms with Crippen LogP contribution in [-0.2, 0) is 4.79 Å². The fourth-order valence-corrected chi connectivity index (χ4v) is 1.97. The number of halogens is 2. The van der Waals surface area contributed by atoms with Crippen molar-refractivity contribution >= 4 is 40.8 Å². The Bertz CT molecular complexity index is 682. The maximum absolute atomic E-state index is 12.4. The van der Waals surface area contributed by atoms with E-state index < -0.39 is 0 Å². The molecule has 21 heavy (non-hydrogen) atoms. The number of hydrogen-bond donors (Lipinski definition) is 0. The number of amides is 1. The van der Waals surface area contributed by atoms with Gasteiger partial charge in [-0.1, -0.05) is 23.7 Å². The summed E-state index contributed by atoms with van der Waals surface area (Å²) in [7, 11) is 3.36. The standard InChI is InChI=1S/C15H13Cl2N3O/c1-20(2)14(21)12(13-7-8-18-15(17)19-13)9-10-3-5-11(16)6-4-10/h3-9H,1-2H3. The molecule has 1 amide bonds. The zero-order valence-corrected chi connectivity index (χ0v) is 13.1. The van der Waals surface area contributed by atoms with Gasteiger partial charge in [-0.2, -0.15) is 0 Å². The SMILES string of the molecule is CN(C)C(=O)C(=Cc1ccc(Cl)cc1)c1ccnc(Cl)n1. The third kappa shape index (κ3) is 4.03. The molecule has 0 saturated heterocycles. The van der Waals surface area contributed by atoms with Crippen LogP contribution in [0.1, 0.15) is 11.3 Å². The summed E-state index contributed by atoms with van der Waals surface area (Å²) < 4.78 is 0. The highest BCUT2D eigenvalue weighted by molar-refractivity contribution is 6.30. The monoisotopic (exact) mass is 321 g/mol. The third-order valence-electron chi connectivity index (χ3n) is 2.72. The van der Waals surface area contributed by atoms with Crippen LogP contribution in [0.4, 0.5) is 0 Å². The zero-order chi connectivity index (χ0) is 15.4. The van der Waals surface area contributed by atoms with Crippen molar-refractivity contribution in [3.63, 3.8) is 0 Å². The van der Waals surface area contributed by atoms with E-state index in [1.807, 2.05) is 12.1 Å². The van der Waals surface area contributed by atoms with E-state index in [9.17, 15) is 4.79 Å². The van der Waals surface area contributed by atoms with Gasteiger partial charge in [-0.25, -0.2) is 9.97 Å². The fraction of sp³-hybridized carbons (Fsp3) is 0.133. The van der Waals surface area contributed by atoms with Crippen LogP contribution in [0.25, 0.3) is 11.6 Å². The van der Waals surface area contributed by atoms with Crippen LogP contribution in [0.3, 0.4) is 0 Å². The number of likely N-dealkylation sites (N-methyl/N-ethyl adjacent to an activating group) is 1. The van der Waals surface area contributed by atoms with Crippen LogP contribution in [0.5, 0.6) is 0 Å². The summed E-state index contributed by atoms with van der Waals surface area (Å²) in [6.07, 6.45) is 3.26. The Kier molecular flexibility index (Phi) is 4.94. The quantitative estimate of drug-likeness (QED) is 0.643. The van der Waals surface area contributed by atoms with Crippen molar-refractivity contribution in [2.75, 3.05) is 14.1 Å². The molecule has 0 N–H and O–H groups in total. The Balaban J connectivity index is 2.50. The molecule has 1 aromatic heterocycles. The number of carbonyl (C=O) groups is 1. The van der Waals surface area contributed by atoms with E-state index in [1.54, 1.807) is 38.4 Å². The highest BCUT2D eigenvalue weighted by Gasteiger charge is 2.16. The van der Waals surface area contributed by atoms with Gasteiger partial charge >= 0.3 is 0 Å². The predicted octanol–water partition coefficient (Wildman–Crippen LogP) is 3.41. The average molecular weight is 322 g/mol. The number of rotatable bonds is 3. The maximum Gasteiger partial charge on any atom is 0.255 e.